The van der Waals surface area contributed by atoms with Crippen LogP contribution in [-0.2, 0) is 13.1 Å². The summed E-state index contributed by atoms with van der Waals surface area (Å²) in [6, 6.07) is 0.789. The largest absolute Gasteiger partial charge is 0.310 e. The van der Waals surface area contributed by atoms with Crippen molar-refractivity contribution in [3.05, 3.63) is 16.1 Å². The molecule has 2 heterocycles. The van der Waals surface area contributed by atoms with E-state index in [4.69, 9.17) is 4.98 Å². The first-order chi connectivity index (χ1) is 9.83. The Morgan fingerprint density at radius 2 is 2.25 bits per heavy atom. The zero-order chi connectivity index (χ0) is 14.2. The number of hydrogen-bond acceptors (Lipinski definition) is 4. The van der Waals surface area contributed by atoms with Gasteiger partial charge < -0.3 is 5.32 Å². The molecule has 2 rings (SSSR count). The number of likely N-dealkylation sites (tertiary alicyclic amines) is 1. The molecule has 0 amide bonds. The van der Waals surface area contributed by atoms with Gasteiger partial charge in [-0.1, -0.05) is 26.7 Å². The highest BCUT2D eigenvalue weighted by Gasteiger charge is 2.22. The van der Waals surface area contributed by atoms with Crippen LogP contribution in [0.2, 0.25) is 0 Å². The van der Waals surface area contributed by atoms with E-state index in [-0.39, 0.29) is 0 Å². The van der Waals surface area contributed by atoms with Crippen LogP contribution >= 0.6 is 11.3 Å². The van der Waals surface area contributed by atoms with Crippen LogP contribution in [0.3, 0.4) is 0 Å². The van der Waals surface area contributed by atoms with Gasteiger partial charge in [-0.2, -0.15) is 0 Å². The van der Waals surface area contributed by atoms with Crippen molar-refractivity contribution in [3.8, 4) is 0 Å². The number of rotatable bonds is 8. The van der Waals surface area contributed by atoms with E-state index >= 15 is 0 Å². The van der Waals surface area contributed by atoms with E-state index in [0.717, 1.165) is 25.7 Å². The fraction of sp³-hybridized carbons (Fsp3) is 0.812. The Hall–Kier alpha value is -0.450. The monoisotopic (exact) mass is 295 g/mol. The van der Waals surface area contributed by atoms with E-state index in [0.29, 0.717) is 0 Å². The minimum atomic E-state index is 0.789. The highest BCUT2D eigenvalue weighted by molar-refractivity contribution is 7.09. The molecule has 20 heavy (non-hydrogen) atoms. The van der Waals surface area contributed by atoms with Crippen molar-refractivity contribution in [1.29, 1.82) is 0 Å². The lowest BCUT2D eigenvalue weighted by molar-refractivity contribution is 0.130. The van der Waals surface area contributed by atoms with Gasteiger partial charge in [0.25, 0.3) is 0 Å². The van der Waals surface area contributed by atoms with Gasteiger partial charge in [0.1, 0.15) is 5.01 Å². The molecule has 0 radical (unpaired) electrons. The van der Waals surface area contributed by atoms with Gasteiger partial charge in [-0.3, -0.25) is 4.90 Å². The lowest BCUT2D eigenvalue weighted by atomic mass is 9.98. The highest BCUT2D eigenvalue weighted by atomic mass is 32.1. The molecular weight excluding hydrogens is 266 g/mol. The van der Waals surface area contributed by atoms with Gasteiger partial charge in [0.15, 0.2) is 0 Å². The second-order valence-corrected chi connectivity index (χ2v) is 6.76. The van der Waals surface area contributed by atoms with Crippen molar-refractivity contribution in [2.45, 2.75) is 71.5 Å². The molecule has 1 aromatic rings. The Balaban J connectivity index is 1.84. The molecule has 1 N–H and O–H groups in total. The van der Waals surface area contributed by atoms with Crippen LogP contribution < -0.4 is 5.32 Å². The van der Waals surface area contributed by atoms with Crippen molar-refractivity contribution >= 4 is 11.3 Å². The lowest BCUT2D eigenvalue weighted by Crippen LogP contribution is -2.38. The molecule has 1 saturated heterocycles. The van der Waals surface area contributed by atoms with Gasteiger partial charge in [0.05, 0.1) is 5.69 Å². The smallest absolute Gasteiger partial charge is 0.107 e. The summed E-state index contributed by atoms with van der Waals surface area (Å²) in [5.74, 6) is 0. The number of piperidine rings is 1. The number of nitrogens with zero attached hydrogens (tertiary/aromatic N) is 2. The summed E-state index contributed by atoms with van der Waals surface area (Å²) in [4.78, 5) is 7.44. The summed E-state index contributed by atoms with van der Waals surface area (Å²) >= 11 is 1.80. The van der Waals surface area contributed by atoms with Crippen LogP contribution in [-0.4, -0.2) is 29.0 Å². The maximum absolute atomic E-state index is 4.79. The molecule has 1 aliphatic heterocycles. The van der Waals surface area contributed by atoms with Gasteiger partial charge in [0.2, 0.25) is 0 Å². The predicted molar refractivity (Wildman–Crippen MR) is 87.1 cm³/mol. The normalized spacial score (nSPS) is 20.4. The topological polar surface area (TPSA) is 28.2 Å². The average Bonchev–Trinajstić information content (AvgIpc) is 2.89. The predicted octanol–water partition coefficient (Wildman–Crippen LogP) is 3.80. The fourth-order valence-electron chi connectivity index (χ4n) is 3.01. The fourth-order valence-corrected chi connectivity index (χ4v) is 3.77. The summed E-state index contributed by atoms with van der Waals surface area (Å²) < 4.78 is 0. The van der Waals surface area contributed by atoms with E-state index in [9.17, 15) is 0 Å². The van der Waals surface area contributed by atoms with Crippen molar-refractivity contribution < 1.29 is 0 Å². The molecule has 1 aliphatic rings. The van der Waals surface area contributed by atoms with Crippen LogP contribution in [0.25, 0.3) is 0 Å². The van der Waals surface area contributed by atoms with Crippen molar-refractivity contribution in [2.75, 3.05) is 13.1 Å². The van der Waals surface area contributed by atoms with Crippen LogP contribution in [0.15, 0.2) is 5.38 Å². The molecule has 1 atom stereocenters. The van der Waals surface area contributed by atoms with Crippen LogP contribution in [0, 0.1) is 0 Å². The first kappa shape index (κ1) is 15.9. The number of nitrogens with one attached hydrogen (secondary N) is 1. The van der Waals surface area contributed by atoms with Gasteiger partial charge in [-0.15, -0.1) is 11.3 Å². The van der Waals surface area contributed by atoms with E-state index < -0.39 is 0 Å². The van der Waals surface area contributed by atoms with Crippen LogP contribution in [0.1, 0.15) is 63.1 Å². The first-order valence-corrected chi connectivity index (χ1v) is 9.09. The van der Waals surface area contributed by atoms with E-state index in [1.165, 1.54) is 55.8 Å². The lowest BCUT2D eigenvalue weighted by Gasteiger charge is -2.35. The second-order valence-electron chi connectivity index (χ2n) is 5.82. The highest BCUT2D eigenvalue weighted by Crippen LogP contribution is 2.23. The second kappa shape index (κ2) is 8.75. The van der Waals surface area contributed by atoms with Gasteiger partial charge in [0, 0.05) is 24.5 Å². The average molecular weight is 295 g/mol. The molecule has 4 heteroatoms. The zero-order valence-corrected chi connectivity index (χ0v) is 13.8. The first-order valence-electron chi connectivity index (χ1n) is 8.21. The molecule has 0 bridgehead atoms. The van der Waals surface area contributed by atoms with E-state index in [1.807, 2.05) is 0 Å². The van der Waals surface area contributed by atoms with Crippen molar-refractivity contribution in [2.24, 2.45) is 0 Å². The third kappa shape index (κ3) is 4.83. The Bertz CT molecular complexity index is 376. The van der Waals surface area contributed by atoms with Gasteiger partial charge in [-0.05, 0) is 38.8 Å². The van der Waals surface area contributed by atoms with E-state index in [2.05, 4.69) is 29.4 Å². The molecule has 1 fully saturated rings. The molecule has 114 valence electrons. The Kier molecular flexibility index (Phi) is 6.97. The summed E-state index contributed by atoms with van der Waals surface area (Å²) in [6.45, 7) is 8.81. The maximum atomic E-state index is 4.79. The Labute approximate surface area is 127 Å². The molecule has 0 aliphatic carbocycles. The number of thiazole rings is 1. The number of aromatic nitrogens is 1. The minimum Gasteiger partial charge on any atom is -0.310 e. The minimum absolute atomic E-state index is 0.789. The molecule has 0 spiro atoms. The summed E-state index contributed by atoms with van der Waals surface area (Å²) in [5.41, 5.74) is 1.27. The SMILES string of the molecule is CCCNCc1nc(CN2CCCCC2CCC)cs1. The summed E-state index contributed by atoms with van der Waals surface area (Å²) in [5, 5.41) is 6.92. The molecule has 0 aromatic carbocycles. The molecule has 1 unspecified atom stereocenters. The molecular formula is C16H29N3S. The van der Waals surface area contributed by atoms with Crippen molar-refractivity contribution in [1.82, 2.24) is 15.2 Å². The number of hydrogen-bond donors (Lipinski definition) is 1. The maximum Gasteiger partial charge on any atom is 0.107 e. The zero-order valence-electron chi connectivity index (χ0n) is 13.0. The molecule has 0 saturated carbocycles. The summed E-state index contributed by atoms with van der Waals surface area (Å²) in [6.07, 6.45) is 7.97. The van der Waals surface area contributed by atoms with E-state index in [1.54, 1.807) is 11.3 Å². The third-order valence-corrected chi connectivity index (χ3v) is 4.94. The summed E-state index contributed by atoms with van der Waals surface area (Å²) in [7, 11) is 0. The Morgan fingerprint density at radius 3 is 3.05 bits per heavy atom. The Morgan fingerprint density at radius 1 is 1.35 bits per heavy atom. The van der Waals surface area contributed by atoms with Gasteiger partial charge in [-0.25, -0.2) is 4.98 Å². The third-order valence-electron chi connectivity index (χ3n) is 4.04. The van der Waals surface area contributed by atoms with Crippen LogP contribution in [0.4, 0.5) is 0 Å². The molecule has 3 nitrogen and oxygen atoms in total. The quantitative estimate of drug-likeness (QED) is 0.739. The van der Waals surface area contributed by atoms with Crippen LogP contribution in [0.5, 0.6) is 0 Å². The standard InChI is InChI=1S/C16H29N3S/c1-3-7-15-8-5-6-10-19(15)12-14-13-20-16(18-14)11-17-9-4-2/h13,15,17H,3-12H2,1-2H3. The molecule has 1 aromatic heterocycles. The van der Waals surface area contributed by atoms with Gasteiger partial charge >= 0.3 is 0 Å². The van der Waals surface area contributed by atoms with Crippen molar-refractivity contribution in [3.63, 3.8) is 0 Å².